The number of amides is 1. The number of nitrogens with two attached hydrogens (primary N) is 1. The smallest absolute Gasteiger partial charge is 0.239 e. The molecule has 1 heterocycles. The summed E-state index contributed by atoms with van der Waals surface area (Å²) < 4.78 is 22.3. The predicted octanol–water partition coefficient (Wildman–Crippen LogP) is 0.930. The maximum atomic E-state index is 12.3. The molecule has 0 radical (unpaired) electrons. The van der Waals surface area contributed by atoms with Crippen LogP contribution in [0.25, 0.3) is 0 Å². The average Bonchev–Trinajstić information content (AvgIpc) is 2.58. The van der Waals surface area contributed by atoms with Crippen LogP contribution in [0.4, 0.5) is 0 Å². The monoisotopic (exact) mass is 290 g/mol. The van der Waals surface area contributed by atoms with E-state index >= 15 is 0 Å². The topological polar surface area (TPSA) is 80.5 Å². The summed E-state index contributed by atoms with van der Waals surface area (Å²) in [4.78, 5) is 14.2. The van der Waals surface area contributed by atoms with Crippen LogP contribution in [0.1, 0.15) is 45.4 Å². The van der Waals surface area contributed by atoms with E-state index in [1.54, 1.807) is 0 Å². The predicted molar refractivity (Wildman–Crippen MR) is 76.6 cm³/mol. The van der Waals surface area contributed by atoms with Crippen LogP contribution in [-0.2, 0) is 14.6 Å². The fourth-order valence-electron chi connectivity index (χ4n) is 2.57. The number of hydrogen-bond acceptors (Lipinski definition) is 4. The zero-order chi connectivity index (χ0) is 14.5. The highest BCUT2D eigenvalue weighted by molar-refractivity contribution is 7.90. The number of carbonyl (C=O) groups excluding carboxylic acids is 1. The van der Waals surface area contributed by atoms with Crippen LogP contribution < -0.4 is 5.73 Å². The second kappa shape index (κ2) is 7.24. The van der Waals surface area contributed by atoms with Gasteiger partial charge in [0.25, 0.3) is 0 Å². The Morgan fingerprint density at radius 1 is 1.37 bits per heavy atom. The maximum absolute atomic E-state index is 12.3. The fraction of sp³-hybridized carbons (Fsp3) is 0.923. The quantitative estimate of drug-likeness (QED) is 0.817. The summed E-state index contributed by atoms with van der Waals surface area (Å²) >= 11 is 0. The van der Waals surface area contributed by atoms with E-state index in [2.05, 4.69) is 6.92 Å². The lowest BCUT2D eigenvalue weighted by molar-refractivity contribution is -0.135. The van der Waals surface area contributed by atoms with Crippen molar-refractivity contribution < 1.29 is 13.2 Å². The first-order valence-electron chi connectivity index (χ1n) is 7.09. The molecule has 0 saturated carbocycles. The van der Waals surface area contributed by atoms with Gasteiger partial charge in [0.2, 0.25) is 5.91 Å². The number of rotatable bonds is 5. The molecule has 5 nitrogen and oxygen atoms in total. The SMILES string of the molecule is CCC1CCCCCN1C(=O)C(N)CCS(C)(=O)=O. The lowest BCUT2D eigenvalue weighted by Gasteiger charge is -2.31. The molecule has 1 saturated heterocycles. The molecular weight excluding hydrogens is 264 g/mol. The van der Waals surface area contributed by atoms with Gasteiger partial charge in [0.1, 0.15) is 9.84 Å². The van der Waals surface area contributed by atoms with Gasteiger partial charge in [-0.15, -0.1) is 0 Å². The first-order chi connectivity index (χ1) is 8.85. The normalized spacial score (nSPS) is 22.9. The van der Waals surface area contributed by atoms with Gasteiger partial charge in [-0.2, -0.15) is 0 Å². The molecule has 6 heteroatoms. The van der Waals surface area contributed by atoms with Gasteiger partial charge in [-0.3, -0.25) is 4.79 Å². The van der Waals surface area contributed by atoms with Crippen molar-refractivity contribution in [2.24, 2.45) is 5.73 Å². The van der Waals surface area contributed by atoms with E-state index in [9.17, 15) is 13.2 Å². The van der Waals surface area contributed by atoms with Crippen molar-refractivity contribution in [1.29, 1.82) is 0 Å². The van der Waals surface area contributed by atoms with Gasteiger partial charge in [-0.25, -0.2) is 8.42 Å². The minimum Gasteiger partial charge on any atom is -0.338 e. The van der Waals surface area contributed by atoms with Crippen LogP contribution in [0.5, 0.6) is 0 Å². The van der Waals surface area contributed by atoms with Crippen LogP contribution in [0.3, 0.4) is 0 Å². The van der Waals surface area contributed by atoms with Crippen LogP contribution in [-0.4, -0.2) is 49.9 Å². The van der Waals surface area contributed by atoms with Gasteiger partial charge < -0.3 is 10.6 Å². The van der Waals surface area contributed by atoms with Gasteiger partial charge in [-0.05, 0) is 25.7 Å². The number of carbonyl (C=O) groups is 1. The third-order valence-corrected chi connectivity index (χ3v) is 4.73. The Kier molecular flexibility index (Phi) is 6.26. The Labute approximate surface area is 116 Å². The summed E-state index contributed by atoms with van der Waals surface area (Å²) in [6.07, 6.45) is 6.67. The zero-order valence-corrected chi connectivity index (χ0v) is 12.8. The van der Waals surface area contributed by atoms with E-state index in [1.165, 1.54) is 6.26 Å². The van der Waals surface area contributed by atoms with E-state index in [4.69, 9.17) is 5.73 Å². The molecule has 1 aliphatic heterocycles. The number of hydrogen-bond donors (Lipinski definition) is 1. The Balaban J connectivity index is 2.62. The number of likely N-dealkylation sites (tertiary alicyclic amines) is 1. The van der Waals surface area contributed by atoms with Crippen LogP contribution >= 0.6 is 0 Å². The third-order valence-electron chi connectivity index (χ3n) is 3.75. The lowest BCUT2D eigenvalue weighted by Crippen LogP contribution is -2.48. The highest BCUT2D eigenvalue weighted by atomic mass is 32.2. The Bertz CT molecular complexity index is 395. The van der Waals surface area contributed by atoms with Crippen LogP contribution in [0.15, 0.2) is 0 Å². The molecule has 19 heavy (non-hydrogen) atoms. The molecule has 1 aliphatic rings. The second-order valence-electron chi connectivity index (χ2n) is 5.47. The van der Waals surface area contributed by atoms with Gasteiger partial charge in [0.15, 0.2) is 0 Å². The summed E-state index contributed by atoms with van der Waals surface area (Å²) in [5.74, 6) is -0.109. The largest absolute Gasteiger partial charge is 0.338 e. The standard InChI is InChI=1S/C13H26N2O3S/c1-3-11-7-5-4-6-9-15(11)13(16)12(14)8-10-19(2,17)18/h11-12H,3-10,14H2,1-2H3. The first kappa shape index (κ1) is 16.4. The Hall–Kier alpha value is -0.620. The fourth-order valence-corrected chi connectivity index (χ4v) is 3.25. The molecule has 0 bridgehead atoms. The minimum atomic E-state index is -3.06. The van der Waals surface area contributed by atoms with Gasteiger partial charge in [0.05, 0.1) is 11.8 Å². The van der Waals surface area contributed by atoms with E-state index in [1.807, 2.05) is 4.90 Å². The molecule has 0 aromatic rings. The first-order valence-corrected chi connectivity index (χ1v) is 9.15. The molecule has 2 atom stereocenters. The summed E-state index contributed by atoms with van der Waals surface area (Å²) in [6.45, 7) is 2.84. The lowest BCUT2D eigenvalue weighted by atomic mass is 10.1. The van der Waals surface area contributed by atoms with Gasteiger partial charge in [0, 0.05) is 18.8 Å². The molecule has 0 aromatic carbocycles. The van der Waals surface area contributed by atoms with E-state index in [0.717, 1.165) is 38.6 Å². The summed E-state index contributed by atoms with van der Waals surface area (Å²) in [5, 5.41) is 0. The molecule has 0 aromatic heterocycles. The number of sulfone groups is 1. The molecule has 0 spiro atoms. The Morgan fingerprint density at radius 3 is 2.63 bits per heavy atom. The second-order valence-corrected chi connectivity index (χ2v) is 7.73. The molecule has 112 valence electrons. The van der Waals surface area contributed by atoms with Crippen molar-refractivity contribution in [3.05, 3.63) is 0 Å². The molecule has 2 N–H and O–H groups in total. The summed E-state index contributed by atoms with van der Waals surface area (Å²) in [7, 11) is -3.06. The van der Waals surface area contributed by atoms with Crippen molar-refractivity contribution in [3.63, 3.8) is 0 Å². The maximum Gasteiger partial charge on any atom is 0.239 e. The molecule has 1 amide bonds. The Morgan fingerprint density at radius 2 is 2.05 bits per heavy atom. The van der Waals surface area contributed by atoms with Crippen molar-refractivity contribution in [3.8, 4) is 0 Å². The van der Waals surface area contributed by atoms with Crippen LogP contribution in [0.2, 0.25) is 0 Å². The van der Waals surface area contributed by atoms with Crippen molar-refractivity contribution in [2.75, 3.05) is 18.6 Å². The molecule has 1 fully saturated rings. The average molecular weight is 290 g/mol. The molecule has 1 rings (SSSR count). The molecule has 2 unspecified atom stereocenters. The summed E-state index contributed by atoms with van der Waals surface area (Å²) in [6, 6.07) is -0.429. The molecule has 0 aliphatic carbocycles. The highest BCUT2D eigenvalue weighted by Gasteiger charge is 2.28. The minimum absolute atomic E-state index is 0.0233. The van der Waals surface area contributed by atoms with Crippen molar-refractivity contribution in [2.45, 2.75) is 57.5 Å². The summed E-state index contributed by atoms with van der Waals surface area (Å²) in [5.41, 5.74) is 5.87. The van der Waals surface area contributed by atoms with Gasteiger partial charge in [-0.1, -0.05) is 19.8 Å². The van der Waals surface area contributed by atoms with Gasteiger partial charge >= 0.3 is 0 Å². The van der Waals surface area contributed by atoms with Crippen LogP contribution in [0, 0.1) is 0 Å². The molecular formula is C13H26N2O3S. The zero-order valence-electron chi connectivity index (χ0n) is 12.0. The van der Waals surface area contributed by atoms with Crippen molar-refractivity contribution >= 4 is 15.7 Å². The van der Waals surface area contributed by atoms with E-state index < -0.39 is 15.9 Å². The van der Waals surface area contributed by atoms with E-state index in [-0.39, 0.29) is 24.1 Å². The highest BCUT2D eigenvalue weighted by Crippen LogP contribution is 2.20. The van der Waals surface area contributed by atoms with E-state index in [0.29, 0.717) is 0 Å². The third kappa shape index (κ3) is 5.48. The number of nitrogens with zero attached hydrogens (tertiary/aromatic N) is 1. The van der Waals surface area contributed by atoms with Crippen molar-refractivity contribution in [1.82, 2.24) is 4.90 Å².